The first-order chi connectivity index (χ1) is 14.8. The highest BCUT2D eigenvalue weighted by Gasteiger charge is 2.33. The van der Waals surface area contributed by atoms with Gasteiger partial charge in [-0.05, 0) is 24.3 Å². The van der Waals surface area contributed by atoms with Gasteiger partial charge in [-0.3, -0.25) is 9.78 Å². The highest BCUT2D eigenvalue weighted by atomic mass is 35.5. The van der Waals surface area contributed by atoms with Gasteiger partial charge in [0.25, 0.3) is 5.91 Å². The van der Waals surface area contributed by atoms with Gasteiger partial charge in [-0.15, -0.1) is 13.2 Å². The van der Waals surface area contributed by atoms with Gasteiger partial charge in [0.1, 0.15) is 5.69 Å². The van der Waals surface area contributed by atoms with Crippen LogP contribution in [0.2, 0.25) is 5.02 Å². The quantitative estimate of drug-likeness (QED) is 0.435. The van der Waals surface area contributed by atoms with Crippen LogP contribution in [0.5, 0.6) is 5.75 Å². The second kappa shape index (κ2) is 8.65. The molecular weight excluding hydrogens is 464 g/mol. The van der Waals surface area contributed by atoms with Gasteiger partial charge in [-0.2, -0.15) is 13.2 Å². The topological polar surface area (TPSA) is 55.3 Å². The second-order valence-electron chi connectivity index (χ2n) is 6.39. The number of hydrogen-bond donors (Lipinski definition) is 0. The Hall–Kier alpha value is -3.34. The largest absolute Gasteiger partial charge is 0.573 e. The number of carbonyl (C=O) groups is 1. The van der Waals surface area contributed by atoms with Gasteiger partial charge in [0.15, 0.2) is 5.75 Å². The van der Waals surface area contributed by atoms with Crippen molar-refractivity contribution < 1.29 is 35.9 Å². The van der Waals surface area contributed by atoms with E-state index in [0.29, 0.717) is 0 Å². The Kier molecular flexibility index (Phi) is 6.31. The summed E-state index contributed by atoms with van der Waals surface area (Å²) in [5.74, 6) is -1.53. The zero-order valence-corrected chi connectivity index (χ0v) is 16.8. The van der Waals surface area contributed by atoms with Crippen molar-refractivity contribution in [2.45, 2.75) is 12.5 Å². The maximum Gasteiger partial charge on any atom is 0.573 e. The lowest BCUT2D eigenvalue weighted by molar-refractivity contribution is -0.274. The normalized spacial score (nSPS) is 11.9. The summed E-state index contributed by atoms with van der Waals surface area (Å²) in [5, 5.41) is -0.0436. The van der Waals surface area contributed by atoms with E-state index in [1.807, 2.05) is 0 Å². The Morgan fingerprint density at radius 1 is 1.00 bits per heavy atom. The minimum atomic E-state index is -5.02. The molecule has 1 amide bonds. The number of rotatable bonds is 4. The molecule has 0 atom stereocenters. The molecule has 0 aliphatic rings. The lowest BCUT2D eigenvalue weighted by Crippen LogP contribution is -2.29. The molecule has 168 valence electrons. The second-order valence-corrected chi connectivity index (χ2v) is 6.83. The third-order valence-corrected chi connectivity index (χ3v) is 4.41. The number of nitrogens with zero attached hydrogens (tertiary/aromatic N) is 3. The van der Waals surface area contributed by atoms with E-state index in [2.05, 4.69) is 14.7 Å². The number of hydrogen-bond acceptors (Lipinski definition) is 4. The van der Waals surface area contributed by atoms with Crippen LogP contribution >= 0.6 is 11.6 Å². The summed E-state index contributed by atoms with van der Waals surface area (Å²) < 4.78 is 80.3. The Labute approximate surface area is 182 Å². The molecule has 3 aromatic rings. The lowest BCUT2D eigenvalue weighted by atomic mass is 10.1. The summed E-state index contributed by atoms with van der Waals surface area (Å²) >= 11 is 5.73. The molecule has 0 saturated heterocycles. The lowest BCUT2D eigenvalue weighted by Gasteiger charge is -2.21. The third kappa shape index (κ3) is 5.47. The van der Waals surface area contributed by atoms with Gasteiger partial charge < -0.3 is 9.64 Å². The molecule has 5 nitrogen and oxygen atoms in total. The molecule has 2 aromatic carbocycles. The summed E-state index contributed by atoms with van der Waals surface area (Å²) in [5.41, 5.74) is -0.992. The predicted molar refractivity (Wildman–Crippen MR) is 103 cm³/mol. The summed E-state index contributed by atoms with van der Waals surface area (Å²) in [6, 6.07) is 7.37. The first-order valence-electron chi connectivity index (χ1n) is 8.68. The minimum Gasteiger partial charge on any atom is -0.403 e. The Morgan fingerprint density at radius 3 is 2.25 bits per heavy atom. The third-order valence-electron chi connectivity index (χ3n) is 4.18. The van der Waals surface area contributed by atoms with Crippen molar-refractivity contribution in [2.24, 2.45) is 0 Å². The number of amides is 1. The molecule has 1 heterocycles. The van der Waals surface area contributed by atoms with Crippen molar-refractivity contribution >= 4 is 23.2 Å². The van der Waals surface area contributed by atoms with Crippen molar-refractivity contribution in [1.29, 1.82) is 0 Å². The van der Waals surface area contributed by atoms with Crippen LogP contribution in [-0.4, -0.2) is 29.3 Å². The monoisotopic (exact) mass is 475 g/mol. The molecular formula is C20H12ClF6N3O2. The molecule has 0 radical (unpaired) electrons. The van der Waals surface area contributed by atoms with Crippen molar-refractivity contribution in [3.63, 3.8) is 0 Å². The zero-order valence-electron chi connectivity index (χ0n) is 16.0. The number of alkyl halides is 6. The predicted octanol–water partition coefficient (Wildman–Crippen LogP) is 5.99. The molecule has 0 spiro atoms. The van der Waals surface area contributed by atoms with Gasteiger partial charge >= 0.3 is 12.5 Å². The molecule has 32 heavy (non-hydrogen) atoms. The molecule has 0 saturated carbocycles. The molecule has 12 heteroatoms. The van der Waals surface area contributed by atoms with E-state index in [1.165, 1.54) is 31.4 Å². The molecule has 3 rings (SSSR count). The number of benzene rings is 2. The van der Waals surface area contributed by atoms with Gasteiger partial charge in [-0.25, -0.2) is 4.98 Å². The van der Waals surface area contributed by atoms with E-state index in [9.17, 15) is 31.1 Å². The van der Waals surface area contributed by atoms with E-state index in [1.54, 1.807) is 0 Å². The molecule has 0 unspecified atom stereocenters. The van der Waals surface area contributed by atoms with Crippen LogP contribution in [0.1, 0.15) is 16.1 Å². The van der Waals surface area contributed by atoms with Crippen LogP contribution in [0.15, 0.2) is 54.9 Å². The fourth-order valence-corrected chi connectivity index (χ4v) is 2.85. The van der Waals surface area contributed by atoms with Crippen LogP contribution < -0.4 is 9.64 Å². The van der Waals surface area contributed by atoms with E-state index in [4.69, 9.17) is 11.6 Å². The molecule has 0 aliphatic heterocycles. The van der Waals surface area contributed by atoms with Crippen LogP contribution in [0, 0.1) is 0 Å². The first kappa shape index (κ1) is 23.3. The minimum absolute atomic E-state index is 0.0436. The van der Waals surface area contributed by atoms with E-state index >= 15 is 0 Å². The number of ether oxygens (including phenoxy) is 1. The first-order valence-corrected chi connectivity index (χ1v) is 9.06. The summed E-state index contributed by atoms with van der Waals surface area (Å²) in [7, 11) is 1.20. The number of anilines is 1. The maximum atomic E-state index is 12.8. The van der Waals surface area contributed by atoms with Crippen molar-refractivity contribution in [3.8, 4) is 17.0 Å². The summed E-state index contributed by atoms with van der Waals surface area (Å²) in [4.78, 5) is 21.6. The standard InChI is InChI=1S/C20H12ClF6N3O2/c1-30(16-7-6-13(21)8-17(16)32-20(25,26)27)18(31)15-10-28-9-14(29-15)11-2-4-12(5-3-11)19(22,23)24/h2-10H,1H3. The molecule has 0 bridgehead atoms. The van der Waals surface area contributed by atoms with E-state index in [0.717, 1.165) is 35.4 Å². The Balaban J connectivity index is 1.91. The fourth-order valence-electron chi connectivity index (χ4n) is 2.69. The average molecular weight is 476 g/mol. The van der Waals surface area contributed by atoms with Gasteiger partial charge in [0.2, 0.25) is 0 Å². The summed E-state index contributed by atoms with van der Waals surface area (Å²) in [6.45, 7) is 0. The molecule has 0 aliphatic carbocycles. The van der Waals surface area contributed by atoms with Gasteiger partial charge in [0.05, 0.1) is 29.3 Å². The zero-order chi connectivity index (χ0) is 23.7. The Bertz CT molecular complexity index is 1130. The van der Waals surface area contributed by atoms with E-state index in [-0.39, 0.29) is 27.7 Å². The van der Waals surface area contributed by atoms with Crippen molar-refractivity contribution in [2.75, 3.05) is 11.9 Å². The Morgan fingerprint density at radius 2 is 1.66 bits per heavy atom. The van der Waals surface area contributed by atoms with E-state index < -0.39 is 29.8 Å². The summed E-state index contributed by atoms with van der Waals surface area (Å²) in [6.07, 6.45) is -7.22. The van der Waals surface area contributed by atoms with Gasteiger partial charge in [0, 0.05) is 23.7 Å². The molecule has 1 aromatic heterocycles. The average Bonchev–Trinajstić information content (AvgIpc) is 2.71. The van der Waals surface area contributed by atoms with Crippen LogP contribution in [0.3, 0.4) is 0 Å². The number of aromatic nitrogens is 2. The van der Waals surface area contributed by atoms with Crippen LogP contribution in [-0.2, 0) is 6.18 Å². The smallest absolute Gasteiger partial charge is 0.403 e. The van der Waals surface area contributed by atoms with Gasteiger partial charge in [-0.1, -0.05) is 23.7 Å². The maximum absolute atomic E-state index is 12.8. The molecule has 0 N–H and O–H groups in total. The SMILES string of the molecule is CN(C(=O)c1cncc(-c2ccc(C(F)(F)F)cc2)n1)c1ccc(Cl)cc1OC(F)(F)F. The number of halogens is 7. The van der Waals surface area contributed by atoms with Crippen LogP contribution in [0.25, 0.3) is 11.3 Å². The van der Waals surface area contributed by atoms with Crippen LogP contribution in [0.4, 0.5) is 32.0 Å². The van der Waals surface area contributed by atoms with Crippen molar-refractivity contribution in [1.82, 2.24) is 9.97 Å². The molecule has 0 fully saturated rings. The fraction of sp³-hybridized carbons (Fsp3) is 0.150. The highest BCUT2D eigenvalue weighted by molar-refractivity contribution is 6.30. The van der Waals surface area contributed by atoms with Crippen molar-refractivity contribution in [3.05, 3.63) is 71.1 Å². The highest BCUT2D eigenvalue weighted by Crippen LogP contribution is 2.35. The number of carbonyl (C=O) groups excluding carboxylic acids is 1.